The molecule has 1 aromatic rings. The maximum Gasteiger partial charge on any atom is 0.0255 e. The second-order valence-electron chi connectivity index (χ2n) is 6.77. The Kier molecular flexibility index (Phi) is 4.42. The van der Waals surface area contributed by atoms with Gasteiger partial charge in [0.05, 0.1) is 0 Å². The van der Waals surface area contributed by atoms with E-state index in [4.69, 9.17) is 0 Å². The molecule has 4 atom stereocenters. The molecule has 1 saturated carbocycles. The molecule has 0 aromatic heterocycles. The molecule has 2 nitrogen and oxygen atoms in total. The van der Waals surface area contributed by atoms with Crippen LogP contribution < -0.4 is 5.32 Å². The maximum atomic E-state index is 3.58. The van der Waals surface area contributed by atoms with E-state index < -0.39 is 0 Å². The van der Waals surface area contributed by atoms with Crippen LogP contribution in [0.1, 0.15) is 44.1 Å². The fourth-order valence-corrected chi connectivity index (χ4v) is 4.19. The molecular formula is C18H28N2. The summed E-state index contributed by atoms with van der Waals surface area (Å²) in [5.74, 6) is 1.63. The normalized spacial score (nSPS) is 35.3. The van der Waals surface area contributed by atoms with Crippen molar-refractivity contribution in [2.24, 2.45) is 5.92 Å². The van der Waals surface area contributed by atoms with Gasteiger partial charge in [-0.15, -0.1) is 0 Å². The first-order valence-electron chi connectivity index (χ1n) is 8.24. The Morgan fingerprint density at radius 2 is 1.90 bits per heavy atom. The summed E-state index contributed by atoms with van der Waals surface area (Å²) in [5.41, 5.74) is 1.54. The van der Waals surface area contributed by atoms with Crippen LogP contribution in [0.5, 0.6) is 0 Å². The molecule has 20 heavy (non-hydrogen) atoms. The van der Waals surface area contributed by atoms with Gasteiger partial charge in [-0.05, 0) is 56.7 Å². The highest BCUT2D eigenvalue weighted by Gasteiger charge is 2.36. The van der Waals surface area contributed by atoms with E-state index in [1.165, 1.54) is 38.8 Å². The Hall–Kier alpha value is -0.860. The lowest BCUT2D eigenvalue weighted by atomic mass is 9.78. The lowest BCUT2D eigenvalue weighted by molar-refractivity contribution is 0.138. The van der Waals surface area contributed by atoms with Gasteiger partial charge >= 0.3 is 0 Å². The molecule has 1 aliphatic carbocycles. The third-order valence-electron chi connectivity index (χ3n) is 5.38. The van der Waals surface area contributed by atoms with Crippen LogP contribution in [0.25, 0.3) is 0 Å². The molecule has 1 aliphatic heterocycles. The fourth-order valence-electron chi connectivity index (χ4n) is 4.19. The lowest BCUT2D eigenvalue weighted by Gasteiger charge is -2.41. The molecule has 2 heteroatoms. The lowest BCUT2D eigenvalue weighted by Crippen LogP contribution is -2.51. The smallest absolute Gasteiger partial charge is 0.0255 e. The van der Waals surface area contributed by atoms with Gasteiger partial charge in [0.1, 0.15) is 0 Å². The molecule has 0 amide bonds. The van der Waals surface area contributed by atoms with Crippen LogP contribution in [0.4, 0.5) is 0 Å². The van der Waals surface area contributed by atoms with Crippen molar-refractivity contribution >= 4 is 0 Å². The zero-order valence-corrected chi connectivity index (χ0v) is 12.9. The van der Waals surface area contributed by atoms with Gasteiger partial charge in [0.2, 0.25) is 0 Å². The Labute approximate surface area is 123 Å². The van der Waals surface area contributed by atoms with Gasteiger partial charge in [-0.25, -0.2) is 0 Å². The van der Waals surface area contributed by atoms with E-state index >= 15 is 0 Å². The van der Waals surface area contributed by atoms with Crippen LogP contribution in [0.2, 0.25) is 0 Å². The van der Waals surface area contributed by atoms with E-state index in [0.717, 1.165) is 17.9 Å². The van der Waals surface area contributed by atoms with Gasteiger partial charge < -0.3 is 5.32 Å². The zero-order valence-electron chi connectivity index (χ0n) is 12.9. The summed E-state index contributed by atoms with van der Waals surface area (Å²) in [6, 6.07) is 12.5. The molecule has 0 spiro atoms. The number of benzene rings is 1. The Balaban J connectivity index is 1.72. The van der Waals surface area contributed by atoms with Crippen LogP contribution in [0.3, 0.4) is 0 Å². The van der Waals surface area contributed by atoms with Gasteiger partial charge in [-0.2, -0.15) is 0 Å². The van der Waals surface area contributed by atoms with Crippen LogP contribution >= 0.6 is 0 Å². The Bertz CT molecular complexity index is 417. The highest BCUT2D eigenvalue weighted by atomic mass is 15.2. The molecule has 0 radical (unpaired) electrons. The Morgan fingerprint density at radius 1 is 1.10 bits per heavy atom. The molecule has 4 unspecified atom stereocenters. The summed E-state index contributed by atoms with van der Waals surface area (Å²) in [5, 5.41) is 3.58. The third-order valence-corrected chi connectivity index (χ3v) is 5.38. The van der Waals surface area contributed by atoms with Crippen molar-refractivity contribution in [3.8, 4) is 0 Å². The molecule has 0 bridgehead atoms. The van der Waals surface area contributed by atoms with Gasteiger partial charge in [0, 0.05) is 18.6 Å². The topological polar surface area (TPSA) is 15.3 Å². The third kappa shape index (κ3) is 2.91. The SMILES string of the molecule is CNC1CCC(c2ccccc2)CC1N1CCC(C)C1. The summed E-state index contributed by atoms with van der Waals surface area (Å²) >= 11 is 0. The molecule has 1 N–H and O–H groups in total. The summed E-state index contributed by atoms with van der Waals surface area (Å²) in [6.07, 6.45) is 5.34. The average Bonchev–Trinajstić information content (AvgIpc) is 2.94. The molecule has 2 aliphatic rings. The summed E-state index contributed by atoms with van der Waals surface area (Å²) in [6.45, 7) is 4.99. The van der Waals surface area contributed by atoms with E-state index in [2.05, 4.69) is 54.5 Å². The van der Waals surface area contributed by atoms with Gasteiger partial charge in [0.25, 0.3) is 0 Å². The number of hydrogen-bond acceptors (Lipinski definition) is 2. The number of likely N-dealkylation sites (N-methyl/N-ethyl adjacent to an activating group) is 1. The summed E-state index contributed by atoms with van der Waals surface area (Å²) < 4.78 is 0. The van der Waals surface area contributed by atoms with Gasteiger partial charge in [-0.1, -0.05) is 37.3 Å². The fraction of sp³-hybridized carbons (Fsp3) is 0.667. The van der Waals surface area contributed by atoms with Crippen molar-refractivity contribution in [1.29, 1.82) is 0 Å². The summed E-state index contributed by atoms with van der Waals surface area (Å²) in [4.78, 5) is 2.75. The van der Waals surface area contributed by atoms with Crippen molar-refractivity contribution in [3.05, 3.63) is 35.9 Å². The first kappa shape index (κ1) is 14.1. The van der Waals surface area contributed by atoms with Crippen molar-refractivity contribution in [2.45, 2.75) is 50.6 Å². The molecule has 2 fully saturated rings. The predicted molar refractivity (Wildman–Crippen MR) is 85.0 cm³/mol. The van der Waals surface area contributed by atoms with Crippen molar-refractivity contribution in [2.75, 3.05) is 20.1 Å². The monoisotopic (exact) mass is 272 g/mol. The molecule has 1 saturated heterocycles. The molecule has 3 rings (SSSR count). The molecule has 110 valence electrons. The molecule has 1 aromatic carbocycles. The minimum Gasteiger partial charge on any atom is -0.315 e. The van der Waals surface area contributed by atoms with E-state index in [-0.39, 0.29) is 0 Å². The average molecular weight is 272 g/mol. The van der Waals surface area contributed by atoms with Crippen molar-refractivity contribution in [1.82, 2.24) is 10.2 Å². The number of nitrogens with zero attached hydrogens (tertiary/aromatic N) is 1. The molecule has 1 heterocycles. The van der Waals surface area contributed by atoms with E-state index in [9.17, 15) is 0 Å². The zero-order chi connectivity index (χ0) is 13.9. The number of likely N-dealkylation sites (tertiary alicyclic amines) is 1. The maximum absolute atomic E-state index is 3.58. The summed E-state index contributed by atoms with van der Waals surface area (Å²) in [7, 11) is 2.14. The standard InChI is InChI=1S/C18H28N2/c1-14-10-11-20(13-14)18-12-16(8-9-17(18)19-2)15-6-4-3-5-7-15/h3-7,14,16-19H,8-13H2,1-2H3. The van der Waals surface area contributed by atoms with Crippen LogP contribution in [0, 0.1) is 5.92 Å². The Morgan fingerprint density at radius 3 is 2.55 bits per heavy atom. The van der Waals surface area contributed by atoms with E-state index in [0.29, 0.717) is 6.04 Å². The van der Waals surface area contributed by atoms with Gasteiger partial charge in [0.15, 0.2) is 0 Å². The minimum atomic E-state index is 0.681. The number of nitrogens with one attached hydrogen (secondary N) is 1. The van der Waals surface area contributed by atoms with Crippen LogP contribution in [0.15, 0.2) is 30.3 Å². The van der Waals surface area contributed by atoms with E-state index in [1.807, 2.05) is 0 Å². The number of rotatable bonds is 3. The highest BCUT2D eigenvalue weighted by molar-refractivity contribution is 5.21. The van der Waals surface area contributed by atoms with Crippen LogP contribution in [-0.4, -0.2) is 37.1 Å². The second-order valence-corrected chi connectivity index (χ2v) is 6.77. The van der Waals surface area contributed by atoms with E-state index in [1.54, 1.807) is 5.56 Å². The first-order valence-corrected chi connectivity index (χ1v) is 8.24. The van der Waals surface area contributed by atoms with Crippen molar-refractivity contribution < 1.29 is 0 Å². The first-order chi connectivity index (χ1) is 9.78. The highest BCUT2D eigenvalue weighted by Crippen LogP contribution is 2.36. The minimum absolute atomic E-state index is 0.681. The van der Waals surface area contributed by atoms with Crippen molar-refractivity contribution in [3.63, 3.8) is 0 Å². The van der Waals surface area contributed by atoms with Crippen LogP contribution in [-0.2, 0) is 0 Å². The molecular weight excluding hydrogens is 244 g/mol. The largest absolute Gasteiger partial charge is 0.315 e. The quantitative estimate of drug-likeness (QED) is 0.908. The van der Waals surface area contributed by atoms with Gasteiger partial charge in [-0.3, -0.25) is 4.90 Å². The second kappa shape index (κ2) is 6.28. The number of hydrogen-bond donors (Lipinski definition) is 1. The predicted octanol–water partition coefficient (Wildman–Crippen LogP) is 3.25.